The molecular formula is C18H16NO. The molecule has 3 aromatic carbocycles. The largest absolute Gasteiger partial charge is 0.352 e. The first-order chi connectivity index (χ1) is 9.79. The van der Waals surface area contributed by atoms with Gasteiger partial charge in [0.1, 0.15) is 0 Å². The van der Waals surface area contributed by atoms with E-state index < -0.39 is 0 Å². The van der Waals surface area contributed by atoms with Gasteiger partial charge in [0.25, 0.3) is 5.91 Å². The van der Waals surface area contributed by atoms with Crippen LogP contribution in [-0.4, -0.2) is 12.5 Å². The Labute approximate surface area is 118 Å². The van der Waals surface area contributed by atoms with Crippen LogP contribution in [0.1, 0.15) is 16.8 Å². The molecule has 99 valence electrons. The number of fused-ring (bicyclic) bond motifs is 2. The van der Waals surface area contributed by atoms with Crippen LogP contribution in [0.2, 0.25) is 0 Å². The molecule has 0 fully saturated rings. The zero-order valence-electron chi connectivity index (χ0n) is 11.2. The molecule has 0 aliphatic heterocycles. The Hall–Kier alpha value is -2.35. The molecule has 0 atom stereocenters. The van der Waals surface area contributed by atoms with Crippen molar-refractivity contribution in [2.45, 2.75) is 6.42 Å². The molecule has 2 nitrogen and oxygen atoms in total. The van der Waals surface area contributed by atoms with Crippen molar-refractivity contribution < 1.29 is 4.79 Å². The maximum atomic E-state index is 12.2. The maximum absolute atomic E-state index is 12.2. The molecule has 1 N–H and O–H groups in total. The fourth-order valence-corrected chi connectivity index (χ4v) is 2.46. The maximum Gasteiger partial charge on any atom is 0.251 e. The van der Waals surface area contributed by atoms with Gasteiger partial charge >= 0.3 is 0 Å². The van der Waals surface area contributed by atoms with Crippen molar-refractivity contribution in [2.24, 2.45) is 0 Å². The van der Waals surface area contributed by atoms with Gasteiger partial charge in [0, 0.05) is 12.1 Å². The number of amides is 1. The molecule has 0 bridgehead atoms. The van der Waals surface area contributed by atoms with Gasteiger partial charge in [-0.15, -0.1) is 0 Å². The SMILES string of the molecule is [CH2]CCNC(=O)c1cccc2cc3ccccc3cc12. The van der Waals surface area contributed by atoms with Crippen LogP contribution in [0.5, 0.6) is 0 Å². The van der Waals surface area contributed by atoms with Crippen LogP contribution in [0.3, 0.4) is 0 Å². The third-order valence-electron chi connectivity index (χ3n) is 3.45. The summed E-state index contributed by atoms with van der Waals surface area (Å²) in [5.41, 5.74) is 0.724. The van der Waals surface area contributed by atoms with E-state index in [0.717, 1.165) is 21.7 Å². The van der Waals surface area contributed by atoms with E-state index in [9.17, 15) is 4.79 Å². The van der Waals surface area contributed by atoms with Crippen molar-refractivity contribution >= 4 is 27.5 Å². The predicted molar refractivity (Wildman–Crippen MR) is 83.8 cm³/mol. The zero-order chi connectivity index (χ0) is 13.9. The lowest BCUT2D eigenvalue weighted by Crippen LogP contribution is -2.24. The summed E-state index contributed by atoms with van der Waals surface area (Å²) >= 11 is 0. The normalized spacial score (nSPS) is 10.8. The second-order valence-corrected chi connectivity index (χ2v) is 4.84. The molecule has 0 aromatic heterocycles. The molecule has 0 spiro atoms. The van der Waals surface area contributed by atoms with E-state index in [1.807, 2.05) is 30.3 Å². The number of benzene rings is 3. The zero-order valence-corrected chi connectivity index (χ0v) is 11.2. The molecule has 20 heavy (non-hydrogen) atoms. The Kier molecular flexibility index (Phi) is 3.38. The minimum Gasteiger partial charge on any atom is -0.352 e. The van der Waals surface area contributed by atoms with Gasteiger partial charge < -0.3 is 5.32 Å². The smallest absolute Gasteiger partial charge is 0.251 e. The quantitative estimate of drug-likeness (QED) is 0.711. The number of rotatable bonds is 3. The van der Waals surface area contributed by atoms with Gasteiger partial charge in [-0.05, 0) is 46.2 Å². The third kappa shape index (κ3) is 2.25. The van der Waals surface area contributed by atoms with Gasteiger partial charge in [-0.2, -0.15) is 0 Å². The Morgan fingerprint density at radius 2 is 1.65 bits per heavy atom. The molecule has 1 radical (unpaired) electrons. The highest BCUT2D eigenvalue weighted by molar-refractivity contribution is 6.10. The van der Waals surface area contributed by atoms with Crippen LogP contribution in [-0.2, 0) is 0 Å². The molecule has 3 rings (SSSR count). The van der Waals surface area contributed by atoms with Crippen LogP contribution in [0.15, 0.2) is 54.6 Å². The second-order valence-electron chi connectivity index (χ2n) is 4.84. The van der Waals surface area contributed by atoms with Crippen molar-refractivity contribution in [3.63, 3.8) is 0 Å². The van der Waals surface area contributed by atoms with Crippen molar-refractivity contribution in [3.8, 4) is 0 Å². The summed E-state index contributed by atoms with van der Waals surface area (Å²) in [4.78, 5) is 12.2. The highest BCUT2D eigenvalue weighted by Crippen LogP contribution is 2.25. The summed E-state index contributed by atoms with van der Waals surface area (Å²) in [6.45, 7) is 4.34. The van der Waals surface area contributed by atoms with E-state index in [2.05, 4.69) is 36.5 Å². The lowest BCUT2D eigenvalue weighted by atomic mass is 9.99. The van der Waals surface area contributed by atoms with Gasteiger partial charge in [-0.25, -0.2) is 0 Å². The lowest BCUT2D eigenvalue weighted by Gasteiger charge is -2.08. The summed E-state index contributed by atoms with van der Waals surface area (Å²) in [5, 5.41) is 7.31. The minimum absolute atomic E-state index is 0.0328. The summed E-state index contributed by atoms with van der Waals surface area (Å²) in [5.74, 6) is -0.0328. The molecule has 0 saturated heterocycles. The standard InChI is InChI=1S/C18H16NO/c1-2-10-19-18(20)16-9-5-8-15-11-13-6-3-4-7-14(13)12-17(15)16/h3-9,11-12H,1-2,10H2,(H,19,20). The average molecular weight is 262 g/mol. The monoisotopic (exact) mass is 262 g/mol. The van der Waals surface area contributed by atoms with Crippen molar-refractivity contribution in [2.75, 3.05) is 6.54 Å². The molecule has 0 aliphatic rings. The molecule has 2 heteroatoms. The molecule has 0 unspecified atom stereocenters. The van der Waals surface area contributed by atoms with Crippen LogP contribution in [0.25, 0.3) is 21.5 Å². The van der Waals surface area contributed by atoms with Crippen LogP contribution < -0.4 is 5.32 Å². The fraction of sp³-hybridized carbons (Fsp3) is 0.111. The predicted octanol–water partition coefficient (Wildman–Crippen LogP) is 3.95. The van der Waals surface area contributed by atoms with E-state index in [4.69, 9.17) is 0 Å². The number of hydrogen-bond acceptors (Lipinski definition) is 1. The molecule has 0 heterocycles. The summed E-state index contributed by atoms with van der Waals surface area (Å²) < 4.78 is 0. The van der Waals surface area contributed by atoms with Gasteiger partial charge in [-0.1, -0.05) is 43.3 Å². The topological polar surface area (TPSA) is 29.1 Å². The fourth-order valence-electron chi connectivity index (χ4n) is 2.46. The molecule has 0 aliphatic carbocycles. The van der Waals surface area contributed by atoms with Crippen LogP contribution in [0, 0.1) is 6.92 Å². The van der Waals surface area contributed by atoms with E-state index in [-0.39, 0.29) is 5.91 Å². The molecular weight excluding hydrogens is 246 g/mol. The highest BCUT2D eigenvalue weighted by atomic mass is 16.1. The van der Waals surface area contributed by atoms with Gasteiger partial charge in [0.15, 0.2) is 0 Å². The van der Waals surface area contributed by atoms with Gasteiger partial charge in [0.2, 0.25) is 0 Å². The van der Waals surface area contributed by atoms with Crippen molar-refractivity contribution in [3.05, 3.63) is 67.1 Å². The first-order valence-electron chi connectivity index (χ1n) is 6.78. The van der Waals surface area contributed by atoms with Gasteiger partial charge in [-0.3, -0.25) is 4.79 Å². The lowest BCUT2D eigenvalue weighted by molar-refractivity contribution is 0.0956. The minimum atomic E-state index is -0.0328. The van der Waals surface area contributed by atoms with Crippen LogP contribution in [0.4, 0.5) is 0 Å². The summed E-state index contributed by atoms with van der Waals surface area (Å²) in [7, 11) is 0. The first-order valence-corrected chi connectivity index (χ1v) is 6.78. The summed E-state index contributed by atoms with van der Waals surface area (Å²) in [6, 6.07) is 18.3. The highest BCUT2D eigenvalue weighted by Gasteiger charge is 2.09. The number of hydrogen-bond donors (Lipinski definition) is 1. The van der Waals surface area contributed by atoms with Gasteiger partial charge in [0.05, 0.1) is 0 Å². The summed E-state index contributed by atoms with van der Waals surface area (Å²) in [6.07, 6.45) is 0.694. The first kappa shape index (κ1) is 12.7. The number of nitrogens with one attached hydrogen (secondary N) is 1. The van der Waals surface area contributed by atoms with E-state index in [1.165, 1.54) is 5.39 Å². The number of carbonyl (C=O) groups excluding carboxylic acids is 1. The Morgan fingerprint density at radius 1 is 0.950 bits per heavy atom. The number of carbonyl (C=O) groups is 1. The van der Waals surface area contributed by atoms with E-state index in [1.54, 1.807) is 0 Å². The molecule has 1 amide bonds. The van der Waals surface area contributed by atoms with E-state index in [0.29, 0.717) is 13.0 Å². The van der Waals surface area contributed by atoms with Crippen molar-refractivity contribution in [1.29, 1.82) is 0 Å². The van der Waals surface area contributed by atoms with Crippen molar-refractivity contribution in [1.82, 2.24) is 5.32 Å². The Bertz CT molecular complexity index is 777. The Balaban J connectivity index is 2.17. The third-order valence-corrected chi connectivity index (χ3v) is 3.45. The molecule has 0 saturated carbocycles. The average Bonchev–Trinajstić information content (AvgIpc) is 2.50. The molecule has 3 aromatic rings. The van der Waals surface area contributed by atoms with Crippen LogP contribution >= 0.6 is 0 Å². The van der Waals surface area contributed by atoms with E-state index >= 15 is 0 Å². The Morgan fingerprint density at radius 3 is 2.40 bits per heavy atom. The second kappa shape index (κ2) is 5.33.